The molecule has 0 N–H and O–H groups in total. The summed E-state index contributed by atoms with van der Waals surface area (Å²) in [7, 11) is 0. The maximum absolute atomic E-state index is 4.45. The van der Waals surface area contributed by atoms with Crippen LogP contribution in [-0.2, 0) is 5.41 Å². The zero-order valence-corrected chi connectivity index (χ0v) is 9.91. The van der Waals surface area contributed by atoms with Gasteiger partial charge in [-0.1, -0.05) is 20.8 Å². The molecule has 0 bridgehead atoms. The first-order chi connectivity index (χ1) is 6.96. The van der Waals surface area contributed by atoms with Crippen molar-refractivity contribution in [2.75, 3.05) is 0 Å². The van der Waals surface area contributed by atoms with E-state index in [0.717, 1.165) is 11.3 Å². The molecular formula is C13H18N2. The third kappa shape index (κ3) is 2.75. The van der Waals surface area contributed by atoms with Crippen LogP contribution in [0.5, 0.6) is 0 Å². The maximum atomic E-state index is 4.45. The zero-order valence-electron chi connectivity index (χ0n) is 9.91. The predicted octanol–water partition coefficient (Wildman–Crippen LogP) is 3.36. The van der Waals surface area contributed by atoms with Gasteiger partial charge in [0.25, 0.3) is 0 Å². The molecule has 0 saturated carbocycles. The highest BCUT2D eigenvalue weighted by Gasteiger charge is 2.19. The van der Waals surface area contributed by atoms with E-state index in [0.29, 0.717) is 0 Å². The largest absolute Gasteiger partial charge is 0.272 e. The fourth-order valence-electron chi connectivity index (χ4n) is 1.50. The minimum absolute atomic E-state index is 0.0485. The summed E-state index contributed by atoms with van der Waals surface area (Å²) in [6.45, 7) is 12.0. The standard InChI is InChI=1S/C13H18N2/c1-10-6-9-15-12(13(2,3)4)11(10)7-8-14-5/h6-9H,5H2,1-4H3/b8-7-. The molecule has 1 heterocycles. The van der Waals surface area contributed by atoms with E-state index in [4.69, 9.17) is 0 Å². The molecule has 2 heteroatoms. The Bertz CT molecular complexity index is 384. The molecule has 0 aliphatic heterocycles. The van der Waals surface area contributed by atoms with Crippen LogP contribution in [0.2, 0.25) is 0 Å². The molecular weight excluding hydrogens is 184 g/mol. The van der Waals surface area contributed by atoms with Gasteiger partial charge in [0.2, 0.25) is 0 Å². The summed E-state index contributed by atoms with van der Waals surface area (Å²) in [5.74, 6) is 0. The van der Waals surface area contributed by atoms with Crippen molar-refractivity contribution in [2.45, 2.75) is 33.1 Å². The lowest BCUT2D eigenvalue weighted by atomic mass is 9.87. The first-order valence-electron chi connectivity index (χ1n) is 5.05. The summed E-state index contributed by atoms with van der Waals surface area (Å²) < 4.78 is 0. The Morgan fingerprint density at radius 3 is 2.60 bits per heavy atom. The van der Waals surface area contributed by atoms with Crippen LogP contribution in [-0.4, -0.2) is 11.7 Å². The van der Waals surface area contributed by atoms with Crippen LogP contribution in [0.4, 0.5) is 0 Å². The van der Waals surface area contributed by atoms with E-state index in [1.54, 1.807) is 6.20 Å². The van der Waals surface area contributed by atoms with E-state index in [1.807, 2.05) is 18.3 Å². The number of pyridine rings is 1. The summed E-state index contributed by atoms with van der Waals surface area (Å²) in [4.78, 5) is 8.19. The van der Waals surface area contributed by atoms with Crippen molar-refractivity contribution in [2.24, 2.45) is 4.99 Å². The van der Waals surface area contributed by atoms with Gasteiger partial charge in [0.15, 0.2) is 0 Å². The Morgan fingerprint density at radius 1 is 1.40 bits per heavy atom. The van der Waals surface area contributed by atoms with Gasteiger partial charge in [0.1, 0.15) is 0 Å². The molecule has 2 nitrogen and oxygen atoms in total. The van der Waals surface area contributed by atoms with Crippen molar-refractivity contribution in [3.05, 3.63) is 35.3 Å². The lowest BCUT2D eigenvalue weighted by Crippen LogP contribution is -2.15. The third-order valence-electron chi connectivity index (χ3n) is 2.27. The first-order valence-corrected chi connectivity index (χ1v) is 5.05. The van der Waals surface area contributed by atoms with E-state index >= 15 is 0 Å². The molecule has 80 valence electrons. The summed E-state index contributed by atoms with van der Waals surface area (Å²) in [5.41, 5.74) is 3.52. The maximum Gasteiger partial charge on any atom is 0.0532 e. The number of aryl methyl sites for hydroxylation is 1. The van der Waals surface area contributed by atoms with E-state index in [1.165, 1.54) is 5.56 Å². The van der Waals surface area contributed by atoms with Crippen molar-refractivity contribution in [1.82, 2.24) is 4.98 Å². The normalized spacial score (nSPS) is 12.0. The van der Waals surface area contributed by atoms with E-state index in [9.17, 15) is 0 Å². The summed E-state index contributed by atoms with van der Waals surface area (Å²) in [5, 5.41) is 0. The smallest absolute Gasteiger partial charge is 0.0532 e. The summed E-state index contributed by atoms with van der Waals surface area (Å²) >= 11 is 0. The molecule has 0 fully saturated rings. The summed E-state index contributed by atoms with van der Waals surface area (Å²) in [6.07, 6.45) is 5.53. The number of rotatable bonds is 2. The molecule has 0 aromatic carbocycles. The molecule has 1 rings (SSSR count). The third-order valence-corrected chi connectivity index (χ3v) is 2.27. The summed E-state index contributed by atoms with van der Waals surface area (Å²) in [6, 6.07) is 2.01. The van der Waals surface area contributed by atoms with Crippen molar-refractivity contribution >= 4 is 12.8 Å². The van der Waals surface area contributed by atoms with Crippen LogP contribution in [0.1, 0.15) is 37.6 Å². The number of nitrogens with zero attached hydrogens (tertiary/aromatic N) is 2. The fourth-order valence-corrected chi connectivity index (χ4v) is 1.50. The second-order valence-electron chi connectivity index (χ2n) is 4.64. The minimum Gasteiger partial charge on any atom is -0.272 e. The average Bonchev–Trinajstić information content (AvgIpc) is 2.14. The number of aliphatic imine (C=N–C) groups is 1. The highest BCUT2D eigenvalue weighted by atomic mass is 14.7. The average molecular weight is 202 g/mol. The van der Waals surface area contributed by atoms with E-state index in [-0.39, 0.29) is 5.41 Å². The van der Waals surface area contributed by atoms with Gasteiger partial charge in [0, 0.05) is 23.4 Å². The van der Waals surface area contributed by atoms with Crippen molar-refractivity contribution in [1.29, 1.82) is 0 Å². The molecule has 15 heavy (non-hydrogen) atoms. The van der Waals surface area contributed by atoms with Gasteiger partial charge in [-0.3, -0.25) is 9.98 Å². The molecule has 0 atom stereocenters. The molecule has 0 saturated heterocycles. The SMILES string of the molecule is C=N/C=C\c1c(C)ccnc1C(C)(C)C. The van der Waals surface area contributed by atoms with Crippen molar-refractivity contribution in [3.63, 3.8) is 0 Å². The monoisotopic (exact) mass is 202 g/mol. The van der Waals surface area contributed by atoms with Crippen LogP contribution in [0.3, 0.4) is 0 Å². The van der Waals surface area contributed by atoms with Crippen LogP contribution < -0.4 is 0 Å². The fraction of sp³-hybridized carbons (Fsp3) is 0.385. The van der Waals surface area contributed by atoms with Gasteiger partial charge >= 0.3 is 0 Å². The van der Waals surface area contributed by atoms with Crippen LogP contribution in [0, 0.1) is 6.92 Å². The van der Waals surface area contributed by atoms with Gasteiger partial charge < -0.3 is 0 Å². The molecule has 0 aliphatic carbocycles. The van der Waals surface area contributed by atoms with Crippen LogP contribution >= 0.6 is 0 Å². The van der Waals surface area contributed by atoms with Gasteiger partial charge in [-0.25, -0.2) is 0 Å². The quantitative estimate of drug-likeness (QED) is 0.675. The van der Waals surface area contributed by atoms with Crippen LogP contribution in [0.15, 0.2) is 23.5 Å². The Balaban J connectivity index is 3.33. The van der Waals surface area contributed by atoms with Crippen molar-refractivity contribution in [3.8, 4) is 0 Å². The molecule has 0 amide bonds. The van der Waals surface area contributed by atoms with Gasteiger partial charge in [-0.2, -0.15) is 0 Å². The predicted molar refractivity (Wildman–Crippen MR) is 66.3 cm³/mol. The first kappa shape index (κ1) is 11.6. The molecule has 1 aromatic heterocycles. The topological polar surface area (TPSA) is 25.2 Å². The second-order valence-corrected chi connectivity index (χ2v) is 4.64. The lowest BCUT2D eigenvalue weighted by molar-refractivity contribution is 0.567. The molecule has 0 radical (unpaired) electrons. The zero-order chi connectivity index (χ0) is 11.5. The lowest BCUT2D eigenvalue weighted by Gasteiger charge is -2.21. The molecule has 0 spiro atoms. The van der Waals surface area contributed by atoms with Crippen molar-refractivity contribution < 1.29 is 0 Å². The second kappa shape index (κ2) is 4.39. The minimum atomic E-state index is 0.0485. The highest BCUT2D eigenvalue weighted by Crippen LogP contribution is 2.26. The Labute approximate surface area is 91.8 Å². The Morgan fingerprint density at radius 2 is 2.07 bits per heavy atom. The van der Waals surface area contributed by atoms with Gasteiger partial charge in [0.05, 0.1) is 5.69 Å². The number of hydrogen-bond donors (Lipinski definition) is 0. The number of aromatic nitrogens is 1. The molecule has 0 unspecified atom stereocenters. The Hall–Kier alpha value is -1.44. The van der Waals surface area contributed by atoms with Gasteiger partial charge in [-0.15, -0.1) is 0 Å². The highest BCUT2D eigenvalue weighted by molar-refractivity contribution is 5.57. The van der Waals surface area contributed by atoms with E-state index in [2.05, 4.69) is 44.4 Å². The van der Waals surface area contributed by atoms with E-state index < -0.39 is 0 Å². The Kier molecular flexibility index (Phi) is 3.40. The molecule has 1 aromatic rings. The molecule has 0 aliphatic rings. The van der Waals surface area contributed by atoms with Gasteiger partial charge in [-0.05, 0) is 31.3 Å². The van der Waals surface area contributed by atoms with Crippen LogP contribution in [0.25, 0.3) is 6.08 Å². The number of hydrogen-bond acceptors (Lipinski definition) is 2.